The molecule has 3 aromatic heterocycles. The number of aliphatic hydroxyl groups is 1. The number of fused-ring (bicyclic) bond motifs is 3. The lowest BCUT2D eigenvalue weighted by Crippen LogP contribution is -2.28. The first-order valence-electron chi connectivity index (χ1n) is 10.1. The molecule has 5 rings (SSSR count). The van der Waals surface area contributed by atoms with Crippen molar-refractivity contribution >= 4 is 22.5 Å². The molecule has 0 aliphatic heterocycles. The first-order chi connectivity index (χ1) is 14.6. The molecule has 30 heavy (non-hydrogen) atoms. The van der Waals surface area contributed by atoms with E-state index in [0.717, 1.165) is 16.8 Å². The molecule has 0 radical (unpaired) electrons. The average molecular weight is 403 g/mol. The summed E-state index contributed by atoms with van der Waals surface area (Å²) in [5.74, 6) is -0.145. The molecule has 1 saturated carbocycles. The van der Waals surface area contributed by atoms with Crippen LogP contribution in [0.2, 0.25) is 0 Å². The van der Waals surface area contributed by atoms with Crippen molar-refractivity contribution in [3.8, 4) is 11.1 Å². The van der Waals surface area contributed by atoms with Crippen LogP contribution in [0.4, 0.5) is 0 Å². The van der Waals surface area contributed by atoms with Crippen LogP contribution >= 0.6 is 0 Å². The van der Waals surface area contributed by atoms with Gasteiger partial charge in [0.05, 0.1) is 17.3 Å². The van der Waals surface area contributed by atoms with Crippen molar-refractivity contribution < 1.29 is 9.90 Å². The molecule has 8 heteroatoms. The van der Waals surface area contributed by atoms with Crippen molar-refractivity contribution in [2.45, 2.75) is 32.2 Å². The molecule has 3 heterocycles. The van der Waals surface area contributed by atoms with Gasteiger partial charge in [-0.15, -0.1) is 10.2 Å². The van der Waals surface area contributed by atoms with Gasteiger partial charge in [-0.1, -0.05) is 37.3 Å². The van der Waals surface area contributed by atoms with Crippen LogP contribution in [-0.4, -0.2) is 41.9 Å². The second-order valence-electron chi connectivity index (χ2n) is 7.71. The van der Waals surface area contributed by atoms with Gasteiger partial charge in [-0.3, -0.25) is 9.59 Å². The van der Waals surface area contributed by atoms with Crippen LogP contribution in [0.5, 0.6) is 0 Å². The normalized spacial score (nSPS) is 19.2. The minimum Gasteiger partial charge on any atom is -0.396 e. The number of hydrogen-bond donors (Lipinski definition) is 1. The Kier molecular flexibility index (Phi) is 4.43. The van der Waals surface area contributed by atoms with Gasteiger partial charge in [-0.05, 0) is 30.4 Å². The Bertz CT molecular complexity index is 1330. The Morgan fingerprint density at radius 3 is 2.63 bits per heavy atom. The summed E-state index contributed by atoms with van der Waals surface area (Å²) in [6.45, 7) is 1.97. The van der Waals surface area contributed by atoms with Crippen LogP contribution in [0.3, 0.4) is 0 Å². The van der Waals surface area contributed by atoms with Gasteiger partial charge >= 0.3 is 0 Å². The lowest BCUT2D eigenvalue weighted by Gasteiger charge is -2.13. The second kappa shape index (κ2) is 7.14. The average Bonchev–Trinajstić information content (AvgIpc) is 3.34. The minimum atomic E-state index is -0.569. The third kappa shape index (κ3) is 2.75. The fourth-order valence-corrected chi connectivity index (χ4v) is 4.36. The second-order valence-corrected chi connectivity index (χ2v) is 7.71. The van der Waals surface area contributed by atoms with Crippen LogP contribution in [-0.2, 0) is 11.2 Å². The molecule has 152 valence electrons. The number of aromatic nitrogens is 5. The highest BCUT2D eigenvalue weighted by atomic mass is 16.3. The summed E-state index contributed by atoms with van der Waals surface area (Å²) in [7, 11) is 0. The van der Waals surface area contributed by atoms with Gasteiger partial charge in [0.15, 0.2) is 16.9 Å². The van der Waals surface area contributed by atoms with E-state index in [0.29, 0.717) is 24.0 Å². The summed E-state index contributed by atoms with van der Waals surface area (Å²) in [4.78, 5) is 25.5. The van der Waals surface area contributed by atoms with Crippen molar-refractivity contribution in [1.82, 2.24) is 24.4 Å². The van der Waals surface area contributed by atoms with Crippen molar-refractivity contribution in [3.63, 3.8) is 0 Å². The fourth-order valence-electron chi connectivity index (χ4n) is 4.36. The smallest absolute Gasteiger partial charge is 0.281 e. The van der Waals surface area contributed by atoms with Crippen LogP contribution in [0.15, 0.2) is 47.4 Å². The maximum Gasteiger partial charge on any atom is 0.281 e. The standard InChI is InChI=1S/C22H21N5O3/c1-2-15-19(14-6-4-3-5-7-14)21-24-23-20-16(27(21)25-15)8-9-26(22(20)30)17-10-13(12-28)11-18(17)29/h3-9,13,17,28H,2,10-12H2,1H3. The van der Waals surface area contributed by atoms with Crippen molar-refractivity contribution in [2.24, 2.45) is 5.92 Å². The van der Waals surface area contributed by atoms with Gasteiger partial charge in [0, 0.05) is 19.2 Å². The van der Waals surface area contributed by atoms with Gasteiger partial charge in [-0.25, -0.2) is 4.52 Å². The van der Waals surface area contributed by atoms with Crippen molar-refractivity contribution in [1.29, 1.82) is 0 Å². The molecule has 0 spiro atoms. The van der Waals surface area contributed by atoms with E-state index >= 15 is 0 Å². The maximum absolute atomic E-state index is 13.1. The first-order valence-corrected chi connectivity index (χ1v) is 10.1. The zero-order valence-electron chi connectivity index (χ0n) is 16.5. The van der Waals surface area contributed by atoms with E-state index < -0.39 is 6.04 Å². The molecular weight excluding hydrogens is 382 g/mol. The quantitative estimate of drug-likeness (QED) is 0.560. The van der Waals surface area contributed by atoms with Gasteiger partial charge in [0.2, 0.25) is 0 Å². The Labute approximate surface area is 171 Å². The molecule has 1 aliphatic carbocycles. The number of benzene rings is 1. The molecule has 1 N–H and O–H groups in total. The highest BCUT2D eigenvalue weighted by Gasteiger charge is 2.34. The highest BCUT2D eigenvalue weighted by Crippen LogP contribution is 2.31. The van der Waals surface area contributed by atoms with Crippen LogP contribution in [0.25, 0.3) is 27.8 Å². The zero-order chi connectivity index (χ0) is 20.8. The third-order valence-electron chi connectivity index (χ3n) is 5.89. The summed E-state index contributed by atoms with van der Waals surface area (Å²) >= 11 is 0. The number of Topliss-reactive ketones (excluding diaryl/α,β-unsaturated/α-hetero) is 1. The number of ketones is 1. The molecule has 0 saturated heterocycles. The van der Waals surface area contributed by atoms with E-state index in [-0.39, 0.29) is 35.8 Å². The largest absolute Gasteiger partial charge is 0.396 e. The number of hydrogen-bond acceptors (Lipinski definition) is 6. The maximum atomic E-state index is 13.1. The number of rotatable bonds is 4. The number of aliphatic hydroxyl groups excluding tert-OH is 1. The summed E-state index contributed by atoms with van der Waals surface area (Å²) in [6, 6.07) is 11.1. The molecule has 8 nitrogen and oxygen atoms in total. The van der Waals surface area contributed by atoms with Crippen LogP contribution in [0, 0.1) is 5.92 Å². The highest BCUT2D eigenvalue weighted by molar-refractivity contribution is 5.86. The summed E-state index contributed by atoms with van der Waals surface area (Å²) in [5.41, 5.74) is 3.75. The van der Waals surface area contributed by atoms with Crippen molar-refractivity contribution in [2.75, 3.05) is 6.61 Å². The number of pyridine rings is 1. The predicted octanol–water partition coefficient (Wildman–Crippen LogP) is 2.18. The third-order valence-corrected chi connectivity index (χ3v) is 5.89. The van der Waals surface area contributed by atoms with E-state index in [1.807, 2.05) is 37.3 Å². The number of carbonyl (C=O) groups is 1. The van der Waals surface area contributed by atoms with E-state index in [1.54, 1.807) is 16.8 Å². The Hall–Kier alpha value is -3.39. The summed E-state index contributed by atoms with van der Waals surface area (Å²) in [5, 5.41) is 22.7. The first kappa shape index (κ1) is 18.6. The summed E-state index contributed by atoms with van der Waals surface area (Å²) < 4.78 is 3.09. The molecule has 0 amide bonds. The molecule has 2 unspecified atom stereocenters. The zero-order valence-corrected chi connectivity index (χ0v) is 16.5. The van der Waals surface area contributed by atoms with Crippen molar-refractivity contribution in [3.05, 3.63) is 58.6 Å². The minimum absolute atomic E-state index is 0.0386. The van der Waals surface area contributed by atoms with Crippen LogP contribution < -0.4 is 5.56 Å². The fraction of sp³-hybridized carbons (Fsp3) is 0.318. The topological polar surface area (TPSA) is 102 Å². The molecular formula is C22H21N5O3. The lowest BCUT2D eigenvalue weighted by molar-refractivity contribution is -0.120. The number of carbonyl (C=O) groups excluding carboxylic acids is 1. The Morgan fingerprint density at radius 2 is 1.93 bits per heavy atom. The van der Waals surface area contributed by atoms with Gasteiger partial charge < -0.3 is 9.67 Å². The van der Waals surface area contributed by atoms with Gasteiger partial charge in [0.25, 0.3) is 5.56 Å². The monoisotopic (exact) mass is 403 g/mol. The van der Waals surface area contributed by atoms with E-state index in [1.165, 1.54) is 4.57 Å². The Balaban J connectivity index is 1.71. The van der Waals surface area contributed by atoms with E-state index in [9.17, 15) is 14.7 Å². The number of aryl methyl sites for hydroxylation is 1. The number of nitrogens with zero attached hydrogens (tertiary/aromatic N) is 5. The predicted molar refractivity (Wildman–Crippen MR) is 111 cm³/mol. The molecule has 1 aromatic carbocycles. The molecule has 1 fully saturated rings. The van der Waals surface area contributed by atoms with Gasteiger partial charge in [0.1, 0.15) is 5.52 Å². The van der Waals surface area contributed by atoms with Gasteiger partial charge in [-0.2, -0.15) is 5.10 Å². The van der Waals surface area contributed by atoms with E-state index in [2.05, 4.69) is 10.2 Å². The molecule has 2 atom stereocenters. The lowest BCUT2D eigenvalue weighted by atomic mass is 10.0. The SMILES string of the molecule is CCc1nn2c(nnc3c(=O)n(C4CC(CO)CC4=O)ccc32)c1-c1ccccc1. The molecule has 0 bridgehead atoms. The van der Waals surface area contributed by atoms with Crippen LogP contribution in [0.1, 0.15) is 31.5 Å². The molecule has 4 aromatic rings. The summed E-state index contributed by atoms with van der Waals surface area (Å²) in [6.07, 6.45) is 3.08. The van der Waals surface area contributed by atoms with E-state index in [4.69, 9.17) is 5.10 Å². The Morgan fingerprint density at radius 1 is 1.13 bits per heavy atom. The molecule has 1 aliphatic rings.